The van der Waals surface area contributed by atoms with Gasteiger partial charge in [-0.05, 0) is 63.6 Å². The first-order valence-electron chi connectivity index (χ1n) is 10.1. The van der Waals surface area contributed by atoms with Gasteiger partial charge in [-0.25, -0.2) is 0 Å². The van der Waals surface area contributed by atoms with Crippen LogP contribution in [0.3, 0.4) is 0 Å². The van der Waals surface area contributed by atoms with Crippen LogP contribution in [-0.2, 0) is 16.1 Å². The summed E-state index contributed by atoms with van der Waals surface area (Å²) in [5.74, 6) is 0.698. The normalized spacial score (nSPS) is 18.1. The van der Waals surface area contributed by atoms with Crippen molar-refractivity contribution in [2.45, 2.75) is 53.0 Å². The molecule has 0 atom stereocenters. The summed E-state index contributed by atoms with van der Waals surface area (Å²) in [6.45, 7) is 8.29. The Labute approximate surface area is 160 Å². The zero-order valence-electron chi connectivity index (χ0n) is 16.5. The van der Waals surface area contributed by atoms with E-state index in [1.54, 1.807) is 0 Å². The number of likely N-dealkylation sites (tertiary alicyclic amines) is 1. The molecule has 0 unspecified atom stereocenters. The molecule has 5 nitrogen and oxygen atoms in total. The number of hydrogen-bond donors (Lipinski definition) is 2. The van der Waals surface area contributed by atoms with Gasteiger partial charge in [-0.2, -0.15) is 0 Å². The second-order valence-corrected chi connectivity index (χ2v) is 8.31. The van der Waals surface area contributed by atoms with Gasteiger partial charge in [0, 0.05) is 42.6 Å². The van der Waals surface area contributed by atoms with E-state index < -0.39 is 0 Å². The van der Waals surface area contributed by atoms with Crippen molar-refractivity contribution >= 4 is 22.7 Å². The standard InChI is InChI=1S/C22H29N3O2/c1-13-10-18(20-19(11-13)14(2)15(3)24-20)12-23-21(26)16-6-8-25(9-7-16)22(27)17-4-5-17/h10-11,16-17,24H,4-9,12H2,1-3H3,(H,23,26). The lowest BCUT2D eigenvalue weighted by molar-refractivity contribution is -0.136. The average molecular weight is 367 g/mol. The molecule has 1 aliphatic heterocycles. The van der Waals surface area contributed by atoms with E-state index in [0.29, 0.717) is 12.5 Å². The van der Waals surface area contributed by atoms with Crippen molar-refractivity contribution in [1.82, 2.24) is 15.2 Å². The molecule has 1 aromatic heterocycles. The SMILES string of the molecule is Cc1cc(CNC(=O)C2CCN(C(=O)C3CC3)CC2)c2[nH]c(C)c(C)c2c1. The molecule has 2 fully saturated rings. The highest BCUT2D eigenvalue weighted by Gasteiger charge is 2.35. The molecule has 1 aromatic carbocycles. The number of aromatic amines is 1. The predicted octanol–water partition coefficient (Wildman–Crippen LogP) is 3.36. The molecule has 2 heterocycles. The Hall–Kier alpha value is -2.30. The van der Waals surface area contributed by atoms with Crippen LogP contribution in [0.5, 0.6) is 0 Å². The Morgan fingerprint density at radius 2 is 1.78 bits per heavy atom. The van der Waals surface area contributed by atoms with Crippen molar-refractivity contribution in [3.8, 4) is 0 Å². The maximum absolute atomic E-state index is 12.7. The molecule has 2 aliphatic rings. The third kappa shape index (κ3) is 3.60. The van der Waals surface area contributed by atoms with Gasteiger partial charge in [0.1, 0.15) is 0 Å². The van der Waals surface area contributed by atoms with Crippen LogP contribution in [0.25, 0.3) is 10.9 Å². The number of benzene rings is 1. The summed E-state index contributed by atoms with van der Waals surface area (Å²) in [5, 5.41) is 4.37. The molecule has 0 spiro atoms. The molecule has 2 amide bonds. The summed E-state index contributed by atoms with van der Waals surface area (Å²) < 4.78 is 0. The minimum absolute atomic E-state index is 0.0145. The third-order valence-electron chi connectivity index (χ3n) is 6.20. The predicted molar refractivity (Wildman–Crippen MR) is 106 cm³/mol. The summed E-state index contributed by atoms with van der Waals surface area (Å²) in [7, 11) is 0. The fourth-order valence-corrected chi connectivity index (χ4v) is 4.20. The Morgan fingerprint density at radius 3 is 2.44 bits per heavy atom. The lowest BCUT2D eigenvalue weighted by Crippen LogP contribution is -2.43. The van der Waals surface area contributed by atoms with E-state index in [0.717, 1.165) is 49.9 Å². The molecule has 1 saturated heterocycles. The number of nitrogens with zero attached hydrogens (tertiary/aromatic N) is 1. The maximum Gasteiger partial charge on any atom is 0.225 e. The third-order valence-corrected chi connectivity index (χ3v) is 6.20. The topological polar surface area (TPSA) is 65.2 Å². The molecular formula is C22H29N3O2. The number of H-pyrrole nitrogens is 1. The highest BCUT2D eigenvalue weighted by atomic mass is 16.2. The Bertz CT molecular complexity index is 887. The number of carbonyl (C=O) groups is 2. The number of amides is 2. The van der Waals surface area contributed by atoms with Gasteiger partial charge in [-0.3, -0.25) is 9.59 Å². The number of rotatable bonds is 4. The van der Waals surface area contributed by atoms with Crippen LogP contribution in [0.1, 0.15) is 48.1 Å². The second-order valence-electron chi connectivity index (χ2n) is 8.31. The quantitative estimate of drug-likeness (QED) is 0.870. The van der Waals surface area contributed by atoms with Crippen molar-refractivity contribution in [2.75, 3.05) is 13.1 Å². The van der Waals surface area contributed by atoms with Gasteiger partial charge in [-0.15, -0.1) is 0 Å². The summed E-state index contributed by atoms with van der Waals surface area (Å²) in [5.41, 5.74) is 5.92. The van der Waals surface area contributed by atoms with E-state index >= 15 is 0 Å². The first-order chi connectivity index (χ1) is 12.9. The van der Waals surface area contributed by atoms with E-state index in [9.17, 15) is 9.59 Å². The summed E-state index contributed by atoms with van der Waals surface area (Å²) >= 11 is 0. The van der Waals surface area contributed by atoms with Gasteiger partial charge in [0.15, 0.2) is 0 Å². The summed E-state index contributed by atoms with van der Waals surface area (Å²) in [6.07, 6.45) is 3.63. The smallest absolute Gasteiger partial charge is 0.225 e. The summed E-state index contributed by atoms with van der Waals surface area (Å²) in [6, 6.07) is 4.35. The highest BCUT2D eigenvalue weighted by molar-refractivity contribution is 5.88. The number of carbonyl (C=O) groups excluding carboxylic acids is 2. The molecule has 0 radical (unpaired) electrons. The van der Waals surface area contributed by atoms with E-state index in [1.807, 2.05) is 4.90 Å². The molecule has 2 aromatic rings. The molecule has 1 saturated carbocycles. The van der Waals surface area contributed by atoms with Crippen molar-refractivity contribution in [3.05, 3.63) is 34.5 Å². The Kier molecular flexibility index (Phi) is 4.70. The van der Waals surface area contributed by atoms with Crippen LogP contribution < -0.4 is 5.32 Å². The van der Waals surface area contributed by atoms with Gasteiger partial charge in [-0.1, -0.05) is 11.6 Å². The number of nitrogens with one attached hydrogen (secondary N) is 2. The van der Waals surface area contributed by atoms with Crippen LogP contribution in [0.2, 0.25) is 0 Å². The van der Waals surface area contributed by atoms with E-state index in [1.165, 1.54) is 22.2 Å². The molecule has 5 heteroatoms. The number of piperidine rings is 1. The van der Waals surface area contributed by atoms with Crippen molar-refractivity contribution < 1.29 is 9.59 Å². The zero-order valence-corrected chi connectivity index (χ0v) is 16.5. The van der Waals surface area contributed by atoms with E-state index in [2.05, 4.69) is 43.2 Å². The summed E-state index contributed by atoms with van der Waals surface area (Å²) in [4.78, 5) is 30.2. The van der Waals surface area contributed by atoms with Gasteiger partial charge in [0.25, 0.3) is 0 Å². The molecule has 4 rings (SSSR count). The van der Waals surface area contributed by atoms with Crippen molar-refractivity contribution in [3.63, 3.8) is 0 Å². The molecular weight excluding hydrogens is 338 g/mol. The minimum Gasteiger partial charge on any atom is -0.358 e. The van der Waals surface area contributed by atoms with Gasteiger partial charge in [0.2, 0.25) is 11.8 Å². The highest BCUT2D eigenvalue weighted by Crippen LogP contribution is 2.32. The first-order valence-corrected chi connectivity index (χ1v) is 10.1. The van der Waals surface area contributed by atoms with Crippen LogP contribution in [0.15, 0.2) is 12.1 Å². The largest absolute Gasteiger partial charge is 0.358 e. The van der Waals surface area contributed by atoms with Gasteiger partial charge < -0.3 is 15.2 Å². The molecule has 27 heavy (non-hydrogen) atoms. The monoisotopic (exact) mass is 367 g/mol. The molecule has 144 valence electrons. The minimum atomic E-state index is 0.0145. The lowest BCUT2D eigenvalue weighted by atomic mass is 9.95. The number of aryl methyl sites for hydroxylation is 3. The Balaban J connectivity index is 1.38. The lowest BCUT2D eigenvalue weighted by Gasteiger charge is -2.31. The molecule has 0 bridgehead atoms. The van der Waals surface area contributed by atoms with Gasteiger partial charge >= 0.3 is 0 Å². The number of fused-ring (bicyclic) bond motifs is 1. The fraction of sp³-hybridized carbons (Fsp3) is 0.545. The van der Waals surface area contributed by atoms with Crippen LogP contribution >= 0.6 is 0 Å². The van der Waals surface area contributed by atoms with E-state index in [-0.39, 0.29) is 17.7 Å². The Morgan fingerprint density at radius 1 is 1.07 bits per heavy atom. The number of aromatic nitrogens is 1. The van der Waals surface area contributed by atoms with Crippen LogP contribution in [-0.4, -0.2) is 34.8 Å². The van der Waals surface area contributed by atoms with Crippen LogP contribution in [0, 0.1) is 32.6 Å². The molecule has 2 N–H and O–H groups in total. The van der Waals surface area contributed by atoms with E-state index in [4.69, 9.17) is 0 Å². The van der Waals surface area contributed by atoms with Crippen molar-refractivity contribution in [1.29, 1.82) is 0 Å². The fourth-order valence-electron chi connectivity index (χ4n) is 4.20. The first kappa shape index (κ1) is 18.1. The molecule has 1 aliphatic carbocycles. The van der Waals surface area contributed by atoms with Gasteiger partial charge in [0.05, 0.1) is 5.52 Å². The van der Waals surface area contributed by atoms with Crippen molar-refractivity contribution in [2.24, 2.45) is 11.8 Å². The zero-order chi connectivity index (χ0) is 19.1. The second kappa shape index (κ2) is 7.02. The number of hydrogen-bond acceptors (Lipinski definition) is 2. The van der Waals surface area contributed by atoms with Crippen LogP contribution in [0.4, 0.5) is 0 Å². The average Bonchev–Trinajstić information content (AvgIpc) is 3.47. The maximum atomic E-state index is 12.7.